The molecule has 2 amide bonds. The van der Waals surface area contributed by atoms with E-state index in [0.717, 1.165) is 57.8 Å². The number of amides is 2. The maximum Gasteiger partial charge on any atom is 0.508 e. The summed E-state index contributed by atoms with van der Waals surface area (Å²) in [5.74, 6) is -0.0224. The fourth-order valence-corrected chi connectivity index (χ4v) is 8.17. The second-order valence-electron chi connectivity index (χ2n) is 13.9. The number of phenols is 1. The van der Waals surface area contributed by atoms with Crippen molar-refractivity contribution in [3.05, 3.63) is 29.3 Å². The van der Waals surface area contributed by atoms with Gasteiger partial charge in [0.05, 0.1) is 20.7 Å². The van der Waals surface area contributed by atoms with Crippen molar-refractivity contribution in [2.75, 3.05) is 33.8 Å². The van der Waals surface area contributed by atoms with E-state index < -0.39 is 30.6 Å². The molecule has 3 aliphatic carbocycles. The van der Waals surface area contributed by atoms with Crippen LogP contribution in [0.4, 0.5) is 9.59 Å². The summed E-state index contributed by atoms with van der Waals surface area (Å²) in [7, 11) is 3.24. The maximum atomic E-state index is 12.6. The number of nitrogens with one attached hydrogen (secondary N) is 1. The van der Waals surface area contributed by atoms with Crippen LogP contribution < -0.4 is 10.4 Å². The second kappa shape index (κ2) is 14.8. The van der Waals surface area contributed by atoms with Gasteiger partial charge in [-0.05, 0) is 98.8 Å². The van der Waals surface area contributed by atoms with Crippen LogP contribution in [0, 0.1) is 17.3 Å². The zero-order valence-corrected chi connectivity index (χ0v) is 27.2. The summed E-state index contributed by atoms with van der Waals surface area (Å²) >= 11 is 0. The smallest absolute Gasteiger partial charge is 0.508 e. The molecule has 2 N–H and O–H groups in total. The summed E-state index contributed by atoms with van der Waals surface area (Å²) in [6.45, 7) is 4.22. The Bertz CT molecular complexity index is 1220. The predicted octanol–water partition coefficient (Wildman–Crippen LogP) is 4.19. The number of ether oxygens (including phenoxy) is 3. The van der Waals surface area contributed by atoms with E-state index in [4.69, 9.17) is 14.2 Å². The number of unbranched alkanes of at least 4 members (excludes halogenated alkanes) is 3. The number of likely N-dealkylation sites (N-methyl/N-ethyl adjacent to an activating group) is 1. The third kappa shape index (κ3) is 8.68. The Kier molecular flexibility index (Phi) is 11.4. The molecule has 45 heavy (non-hydrogen) atoms. The normalized spacial score (nSPS) is 26.0. The van der Waals surface area contributed by atoms with Crippen LogP contribution in [0.2, 0.25) is 0 Å². The van der Waals surface area contributed by atoms with Crippen molar-refractivity contribution in [1.29, 1.82) is 0 Å². The Morgan fingerprint density at radius 1 is 1.09 bits per heavy atom. The molecule has 1 aromatic rings. The highest BCUT2D eigenvalue weighted by atomic mass is 16.7. The number of hydrogen-bond donors (Lipinski definition) is 2. The number of fused-ring (bicyclic) bond motifs is 5. The summed E-state index contributed by atoms with van der Waals surface area (Å²) in [6.07, 6.45) is 7.03. The molecule has 0 spiro atoms. The molecular weight excluding hydrogens is 580 g/mol. The highest BCUT2D eigenvalue weighted by Crippen LogP contribution is 2.61. The SMILES string of the molecule is CC(=O)OC(CC(=O)[O-])C[N+](C)(C)C(=O)NCCCCCCOC(=O)O[C@H]1CCC2C3CCc4cc(O)ccc4C3CC[C@@]21C. The van der Waals surface area contributed by atoms with Crippen molar-refractivity contribution >= 4 is 24.1 Å². The number of carboxylic acid groups (broad SMARTS) is 1. The van der Waals surface area contributed by atoms with E-state index in [-0.39, 0.29) is 35.2 Å². The van der Waals surface area contributed by atoms with Crippen molar-refractivity contribution < 1.29 is 48.1 Å². The van der Waals surface area contributed by atoms with E-state index >= 15 is 0 Å². The largest absolute Gasteiger partial charge is 0.550 e. The molecule has 250 valence electrons. The van der Waals surface area contributed by atoms with Gasteiger partial charge < -0.3 is 34.5 Å². The van der Waals surface area contributed by atoms with Gasteiger partial charge >= 0.3 is 18.2 Å². The molecule has 11 nitrogen and oxygen atoms in total. The van der Waals surface area contributed by atoms with E-state index in [9.17, 15) is 29.4 Å². The molecule has 0 aromatic heterocycles. The van der Waals surface area contributed by atoms with Crippen LogP contribution in [0.15, 0.2) is 18.2 Å². The summed E-state index contributed by atoms with van der Waals surface area (Å²) in [4.78, 5) is 47.5. The number of benzene rings is 1. The number of urea groups is 1. The lowest BCUT2D eigenvalue weighted by molar-refractivity contribution is -0.812. The third-order valence-corrected chi connectivity index (χ3v) is 10.4. The number of aliphatic carboxylic acids is 1. The Morgan fingerprint density at radius 3 is 2.58 bits per heavy atom. The number of esters is 1. The number of quaternary nitrogens is 1. The van der Waals surface area contributed by atoms with Gasteiger partial charge in [-0.25, -0.2) is 14.1 Å². The van der Waals surface area contributed by atoms with Gasteiger partial charge in [-0.3, -0.25) is 4.79 Å². The van der Waals surface area contributed by atoms with Gasteiger partial charge in [-0.15, -0.1) is 0 Å². The maximum absolute atomic E-state index is 12.6. The van der Waals surface area contributed by atoms with Gasteiger partial charge in [0.25, 0.3) is 0 Å². The lowest BCUT2D eigenvalue weighted by atomic mass is 9.55. The number of phenolic OH excluding ortho intramolecular Hbond substituents is 1. The first kappa shape index (κ1) is 34.5. The average Bonchev–Trinajstić information content (AvgIpc) is 3.28. The minimum Gasteiger partial charge on any atom is -0.550 e. The van der Waals surface area contributed by atoms with E-state index in [1.807, 2.05) is 12.1 Å². The Labute approximate surface area is 266 Å². The number of rotatable bonds is 13. The first-order chi connectivity index (χ1) is 21.3. The number of nitrogens with zero attached hydrogens (tertiary/aromatic N) is 1. The van der Waals surface area contributed by atoms with E-state index in [0.29, 0.717) is 36.5 Å². The van der Waals surface area contributed by atoms with Crippen LogP contribution in [0.1, 0.15) is 95.1 Å². The summed E-state index contributed by atoms with van der Waals surface area (Å²) < 4.78 is 16.2. The van der Waals surface area contributed by atoms with Crippen molar-refractivity contribution in [2.45, 2.75) is 103 Å². The van der Waals surface area contributed by atoms with Gasteiger partial charge in [0.15, 0.2) is 6.10 Å². The molecule has 6 atom stereocenters. The fourth-order valence-electron chi connectivity index (χ4n) is 8.17. The third-order valence-electron chi connectivity index (χ3n) is 10.4. The summed E-state index contributed by atoms with van der Waals surface area (Å²) in [5, 5.41) is 23.7. The van der Waals surface area contributed by atoms with Crippen molar-refractivity contribution in [1.82, 2.24) is 5.32 Å². The zero-order chi connectivity index (χ0) is 32.8. The number of carboxylic acids is 1. The molecule has 4 unspecified atom stereocenters. The molecule has 0 radical (unpaired) electrons. The van der Waals surface area contributed by atoms with Crippen LogP contribution >= 0.6 is 0 Å². The number of hydrogen-bond acceptors (Lipinski definition) is 9. The van der Waals surface area contributed by atoms with Crippen molar-refractivity contribution in [3.63, 3.8) is 0 Å². The minimum absolute atomic E-state index is 0.00917. The molecule has 11 heteroatoms. The average molecular weight is 631 g/mol. The van der Waals surface area contributed by atoms with Crippen molar-refractivity contribution in [3.8, 4) is 5.75 Å². The number of carbonyl (C=O) groups excluding carboxylic acids is 4. The van der Waals surface area contributed by atoms with Crippen LogP contribution in [0.25, 0.3) is 0 Å². The summed E-state index contributed by atoms with van der Waals surface area (Å²) in [6, 6.07) is 5.53. The second-order valence-corrected chi connectivity index (χ2v) is 13.9. The van der Waals surface area contributed by atoms with Crippen LogP contribution in [-0.2, 0) is 30.2 Å². The molecule has 0 heterocycles. The Hall–Kier alpha value is -3.34. The van der Waals surface area contributed by atoms with Gasteiger partial charge in [-0.2, -0.15) is 0 Å². The molecular formula is C34H50N2O9. The number of aryl methyl sites for hydroxylation is 1. The van der Waals surface area contributed by atoms with Crippen LogP contribution in [0.5, 0.6) is 5.75 Å². The molecule has 2 fully saturated rings. The Balaban J connectivity index is 1.11. The first-order valence-corrected chi connectivity index (χ1v) is 16.4. The van der Waals surface area contributed by atoms with Gasteiger partial charge in [-0.1, -0.05) is 19.4 Å². The lowest BCUT2D eigenvalue weighted by Gasteiger charge is -2.50. The highest BCUT2D eigenvalue weighted by molar-refractivity contribution is 5.69. The van der Waals surface area contributed by atoms with Gasteiger partial charge in [0.2, 0.25) is 0 Å². The van der Waals surface area contributed by atoms with E-state index in [1.165, 1.54) is 18.1 Å². The molecule has 0 aliphatic heterocycles. The zero-order valence-electron chi connectivity index (χ0n) is 27.2. The number of aromatic hydroxyl groups is 1. The first-order valence-electron chi connectivity index (χ1n) is 16.4. The summed E-state index contributed by atoms with van der Waals surface area (Å²) in [5.41, 5.74) is 2.63. The van der Waals surface area contributed by atoms with Crippen LogP contribution in [-0.4, -0.2) is 79.7 Å². The molecule has 2 saturated carbocycles. The van der Waals surface area contributed by atoms with Gasteiger partial charge in [0.1, 0.15) is 18.4 Å². The number of carbonyl (C=O) groups is 4. The fraction of sp³-hybridized carbons (Fsp3) is 0.706. The van der Waals surface area contributed by atoms with E-state index in [1.54, 1.807) is 14.1 Å². The molecule has 0 bridgehead atoms. The highest BCUT2D eigenvalue weighted by Gasteiger charge is 2.56. The van der Waals surface area contributed by atoms with Gasteiger partial charge in [0, 0.05) is 31.3 Å². The van der Waals surface area contributed by atoms with E-state index in [2.05, 4.69) is 18.3 Å². The molecule has 4 rings (SSSR count). The molecule has 1 aromatic carbocycles. The quantitative estimate of drug-likeness (QED) is 0.186. The topological polar surface area (TPSA) is 151 Å². The van der Waals surface area contributed by atoms with Crippen LogP contribution in [0.3, 0.4) is 0 Å². The predicted molar refractivity (Wildman–Crippen MR) is 163 cm³/mol. The Morgan fingerprint density at radius 2 is 1.84 bits per heavy atom. The molecule has 0 saturated heterocycles. The lowest BCUT2D eigenvalue weighted by Crippen LogP contribution is -2.56. The minimum atomic E-state index is -1.35. The standard InChI is InChI=1S/C34H50N2O9/c1-22(37)44-25(20-31(39)40)21-36(3,4)32(41)35-17-7-5-6-8-18-43-33(42)45-30-14-13-29-28-11-9-23-19-24(38)10-12-26(23)27(28)15-16-34(29,30)2/h10,12,19,25,27-30H,5-9,11,13-18,20-21H2,1-4H3,(H2-,35,38,39,40,41)/t25?,27?,28?,29?,30-,34-/m0/s1. The molecule has 3 aliphatic rings. The monoisotopic (exact) mass is 630 g/mol. The van der Waals surface area contributed by atoms with Crippen molar-refractivity contribution in [2.24, 2.45) is 17.3 Å².